The van der Waals surface area contributed by atoms with Crippen LogP contribution in [0.5, 0.6) is 5.75 Å². The highest BCUT2D eigenvalue weighted by Gasteiger charge is 2.40. The molecule has 7 amide bonds. The summed E-state index contributed by atoms with van der Waals surface area (Å²) in [5, 5.41) is 48.7. The van der Waals surface area contributed by atoms with Crippen LogP contribution in [-0.4, -0.2) is 134 Å². The van der Waals surface area contributed by atoms with Crippen molar-refractivity contribution in [2.45, 2.75) is 219 Å². The summed E-state index contributed by atoms with van der Waals surface area (Å²) in [7, 11) is 0. The number of aromatic hydroxyl groups is 1. The van der Waals surface area contributed by atoms with Crippen molar-refractivity contribution in [3.8, 4) is 5.75 Å². The van der Waals surface area contributed by atoms with E-state index in [0.717, 1.165) is 0 Å². The molecule has 0 bridgehead atoms. The van der Waals surface area contributed by atoms with Gasteiger partial charge in [0.25, 0.3) is 0 Å². The van der Waals surface area contributed by atoms with E-state index in [4.69, 9.17) is 17.2 Å². The lowest BCUT2D eigenvalue weighted by Gasteiger charge is -2.35. The second kappa shape index (κ2) is 35.2. The van der Waals surface area contributed by atoms with Crippen LogP contribution in [0.3, 0.4) is 0 Å². The second-order valence-electron chi connectivity index (χ2n) is 21.8. The summed E-state index contributed by atoms with van der Waals surface area (Å²) in [6.45, 7) is 17.6. The molecule has 0 saturated carbocycles. The normalized spacial score (nSPS) is 16.1. The Morgan fingerprint density at radius 3 is 1.66 bits per heavy atom. The van der Waals surface area contributed by atoms with Gasteiger partial charge in [-0.25, -0.2) is 4.79 Å². The number of benzene rings is 1. The molecule has 23 heteroatoms. The van der Waals surface area contributed by atoms with Crippen molar-refractivity contribution in [2.24, 2.45) is 35.0 Å². The van der Waals surface area contributed by atoms with Gasteiger partial charge in [-0.1, -0.05) is 78.7 Å². The van der Waals surface area contributed by atoms with Gasteiger partial charge in [0.2, 0.25) is 41.4 Å². The first-order valence-corrected chi connectivity index (χ1v) is 27.7. The number of ketones is 1. The molecular weight excluding hydrogens is 1020 g/mol. The van der Waals surface area contributed by atoms with Crippen LogP contribution in [0, 0.1) is 17.8 Å². The van der Waals surface area contributed by atoms with Gasteiger partial charge in [0.1, 0.15) is 35.5 Å². The third-order valence-electron chi connectivity index (χ3n) is 14.0. The molecule has 0 aliphatic rings. The minimum atomic E-state index is -1.73. The van der Waals surface area contributed by atoms with Gasteiger partial charge in [0.05, 0.1) is 24.0 Å². The standard InChI is InChI=1S/C56H94N10O13/c1-11-35(7)45(47(71)33(3)4)63-49(73)41(26-27-43(59)68)61-50(74)42(32-44(69)70)62-52(76)46(36(8)12-2)64-53(77)55(9,65-34(5)6)28-18-15-13-14-16-19-29-56(10,54(78)79)66-51(75)40(21-17-20-30-57)60-48(72)39(58)31-37-22-24-38(67)25-23-37/h13-14,22-25,33-36,39-42,45-46,65,67H,11-12,15-21,26-32,57-58H2,1-10H3,(H2,59,68)(H,60,72)(H,61,74)(H,62,76)(H,63,73)(H,64,77)(H,66,75)(H,69,70)(H,78,79)/b14-13+/t35-,36-,39-,40-,41-,42-,45-,46-,55-,56-/m0/s1. The lowest BCUT2D eigenvalue weighted by Crippen LogP contribution is -2.63. The number of hydrogen-bond acceptors (Lipinski definition) is 14. The number of nitrogens with two attached hydrogens (primary N) is 3. The lowest BCUT2D eigenvalue weighted by atomic mass is 9.89. The number of phenols is 1. The molecule has 16 N–H and O–H groups in total. The van der Waals surface area contributed by atoms with Gasteiger partial charge < -0.3 is 69.7 Å². The number of rotatable bonds is 40. The first kappa shape index (κ1) is 70.6. The Morgan fingerprint density at radius 2 is 1.15 bits per heavy atom. The number of phenolic OH excluding ortho intramolecular Hbond substituents is 1. The van der Waals surface area contributed by atoms with Crippen LogP contribution in [0.4, 0.5) is 0 Å². The molecule has 23 nitrogen and oxygen atoms in total. The van der Waals surface area contributed by atoms with Crippen molar-refractivity contribution in [2.75, 3.05) is 6.54 Å². The first-order valence-electron chi connectivity index (χ1n) is 27.7. The average Bonchev–Trinajstić information content (AvgIpc) is 3.38. The summed E-state index contributed by atoms with van der Waals surface area (Å²) >= 11 is 0. The Kier molecular flexibility index (Phi) is 31.5. The molecule has 0 saturated heterocycles. The van der Waals surface area contributed by atoms with Crippen LogP contribution < -0.4 is 54.4 Å². The summed E-state index contributed by atoms with van der Waals surface area (Å²) in [5.74, 6) is -9.45. The number of carbonyl (C=O) groups excluding carboxylic acids is 8. The van der Waals surface area contributed by atoms with Crippen molar-refractivity contribution >= 4 is 59.1 Å². The predicted molar refractivity (Wildman–Crippen MR) is 299 cm³/mol. The molecule has 0 spiro atoms. The Bertz CT molecular complexity index is 2210. The molecular formula is C56H94N10O13. The van der Waals surface area contributed by atoms with E-state index in [1.807, 2.05) is 32.9 Å². The number of carbonyl (C=O) groups is 10. The van der Waals surface area contributed by atoms with E-state index < -0.39 is 119 Å². The number of carboxylic acid groups (broad SMARTS) is 2. The van der Waals surface area contributed by atoms with Gasteiger partial charge in [-0.05, 0) is 134 Å². The zero-order valence-electron chi connectivity index (χ0n) is 48.2. The van der Waals surface area contributed by atoms with E-state index in [9.17, 15) is 63.3 Å². The summed E-state index contributed by atoms with van der Waals surface area (Å²) in [4.78, 5) is 132. The van der Waals surface area contributed by atoms with Gasteiger partial charge in [0, 0.05) is 18.4 Å². The molecule has 1 aromatic carbocycles. The highest BCUT2D eigenvalue weighted by molar-refractivity contribution is 5.98. The molecule has 79 heavy (non-hydrogen) atoms. The monoisotopic (exact) mass is 1110 g/mol. The molecule has 1 aromatic rings. The average molecular weight is 1120 g/mol. The smallest absolute Gasteiger partial charge is 0.329 e. The van der Waals surface area contributed by atoms with Crippen molar-refractivity contribution in [1.82, 2.24) is 37.2 Å². The zero-order chi connectivity index (χ0) is 60.2. The molecule has 0 fully saturated rings. The van der Waals surface area contributed by atoms with E-state index in [1.165, 1.54) is 19.1 Å². The lowest BCUT2D eigenvalue weighted by molar-refractivity contribution is -0.147. The maximum Gasteiger partial charge on any atom is 0.329 e. The van der Waals surface area contributed by atoms with E-state index in [-0.39, 0.29) is 55.6 Å². The van der Waals surface area contributed by atoms with Crippen molar-refractivity contribution in [3.05, 3.63) is 42.0 Å². The van der Waals surface area contributed by atoms with Crippen molar-refractivity contribution in [3.63, 3.8) is 0 Å². The number of Topliss-reactive ketones (excluding diaryl/α,β-unsaturated/α-hetero) is 1. The maximum atomic E-state index is 14.3. The Hall–Kier alpha value is -6.46. The Balaban J connectivity index is 3.14. The van der Waals surface area contributed by atoms with Gasteiger partial charge in [-0.3, -0.25) is 43.2 Å². The van der Waals surface area contributed by atoms with Crippen LogP contribution >= 0.6 is 0 Å². The predicted octanol–water partition coefficient (Wildman–Crippen LogP) is 2.49. The molecule has 0 radical (unpaired) electrons. The highest BCUT2D eigenvalue weighted by atomic mass is 16.4. The van der Waals surface area contributed by atoms with Crippen molar-refractivity contribution < 1.29 is 63.3 Å². The summed E-state index contributed by atoms with van der Waals surface area (Å²) in [6, 6.07) is -1.43. The van der Waals surface area contributed by atoms with Crippen LogP contribution in [0.1, 0.15) is 165 Å². The third-order valence-corrected chi connectivity index (χ3v) is 14.0. The fraction of sp³-hybridized carbons (Fsp3) is 0.679. The van der Waals surface area contributed by atoms with E-state index in [1.54, 1.807) is 53.7 Å². The van der Waals surface area contributed by atoms with Gasteiger partial charge in [0.15, 0.2) is 5.78 Å². The molecule has 10 atom stereocenters. The Morgan fingerprint density at radius 1 is 0.633 bits per heavy atom. The highest BCUT2D eigenvalue weighted by Crippen LogP contribution is 2.21. The van der Waals surface area contributed by atoms with Crippen LogP contribution in [0.25, 0.3) is 0 Å². The molecule has 446 valence electrons. The molecule has 0 unspecified atom stereocenters. The number of carboxylic acids is 2. The number of nitrogens with one attached hydrogen (secondary N) is 7. The summed E-state index contributed by atoms with van der Waals surface area (Å²) in [5.41, 5.74) is 15.0. The number of allylic oxidation sites excluding steroid dienone is 2. The fourth-order valence-electron chi connectivity index (χ4n) is 8.69. The summed E-state index contributed by atoms with van der Waals surface area (Å²) < 4.78 is 0. The topological polar surface area (TPSA) is 394 Å². The zero-order valence-corrected chi connectivity index (χ0v) is 48.2. The molecule has 0 aromatic heterocycles. The van der Waals surface area contributed by atoms with Gasteiger partial charge in [-0.15, -0.1) is 0 Å². The first-order chi connectivity index (χ1) is 36.9. The van der Waals surface area contributed by atoms with Gasteiger partial charge >= 0.3 is 11.9 Å². The maximum absolute atomic E-state index is 14.3. The SMILES string of the molecule is CC[C@H](C)[C@H](NC(=O)[C@](C)(CCC/C=C/CCC[C@](C)(NC(=O)[C@H](CCCCN)NC(=O)[C@@H](N)Cc1ccc(O)cc1)C(=O)O)NC(C)C)C(=O)N[C@@H](CC(=O)O)C(=O)N[C@@H](CCC(N)=O)C(=O)N[C@H](C(=O)C(C)C)[C@@H](C)CC. The number of aliphatic carboxylic acids is 2. The van der Waals surface area contributed by atoms with E-state index >= 15 is 0 Å². The molecule has 0 aliphatic heterocycles. The van der Waals surface area contributed by atoms with Crippen LogP contribution in [0.15, 0.2) is 36.4 Å². The minimum Gasteiger partial charge on any atom is -0.508 e. The second-order valence-corrected chi connectivity index (χ2v) is 21.8. The quantitative estimate of drug-likeness (QED) is 0.0332. The van der Waals surface area contributed by atoms with Crippen LogP contribution in [0.2, 0.25) is 0 Å². The number of hydrogen-bond donors (Lipinski definition) is 13. The minimum absolute atomic E-state index is 0.0563. The largest absolute Gasteiger partial charge is 0.508 e. The Labute approximate surface area is 466 Å². The van der Waals surface area contributed by atoms with Crippen molar-refractivity contribution in [1.29, 1.82) is 0 Å². The molecule has 0 aliphatic carbocycles. The van der Waals surface area contributed by atoms with E-state index in [0.29, 0.717) is 69.9 Å². The summed E-state index contributed by atoms with van der Waals surface area (Å²) in [6.07, 6.45) is 6.74. The fourth-order valence-corrected chi connectivity index (χ4v) is 8.69. The van der Waals surface area contributed by atoms with E-state index in [2.05, 4.69) is 37.2 Å². The van der Waals surface area contributed by atoms with Gasteiger partial charge in [-0.2, -0.15) is 0 Å². The third kappa shape index (κ3) is 25.5. The number of unbranched alkanes of at least 4 members (excludes halogenated alkanes) is 3. The number of amides is 7. The number of primary amides is 1. The molecule has 0 heterocycles. The van der Waals surface area contributed by atoms with Crippen LogP contribution in [-0.2, 0) is 54.4 Å². The molecule has 1 rings (SSSR count).